The molecule has 1 saturated heterocycles. The first-order chi connectivity index (χ1) is 13.1. The quantitative estimate of drug-likeness (QED) is 0.801. The van der Waals surface area contributed by atoms with Crippen molar-refractivity contribution in [1.82, 2.24) is 19.4 Å². The molecule has 3 rings (SSSR count). The second kappa shape index (κ2) is 7.41. The third-order valence-corrected chi connectivity index (χ3v) is 5.40. The maximum Gasteiger partial charge on any atom is 0.410 e. The van der Waals surface area contributed by atoms with Crippen LogP contribution >= 0.6 is 0 Å². The summed E-state index contributed by atoms with van der Waals surface area (Å²) in [6.07, 6.45) is 4.29. The van der Waals surface area contributed by atoms with Crippen molar-refractivity contribution in [3.63, 3.8) is 0 Å². The number of piperidine rings is 1. The van der Waals surface area contributed by atoms with Crippen molar-refractivity contribution in [1.29, 1.82) is 0 Å². The van der Waals surface area contributed by atoms with Gasteiger partial charge in [-0.2, -0.15) is 0 Å². The second-order valence-corrected chi connectivity index (χ2v) is 8.42. The van der Waals surface area contributed by atoms with Crippen LogP contribution in [0.25, 0.3) is 11.0 Å². The summed E-state index contributed by atoms with van der Waals surface area (Å²) < 4.78 is 7.42. The second-order valence-electron chi connectivity index (χ2n) is 8.42. The Morgan fingerprint density at radius 2 is 1.93 bits per heavy atom. The van der Waals surface area contributed by atoms with Crippen LogP contribution in [0, 0.1) is 12.8 Å². The molecule has 1 amide bonds. The maximum absolute atomic E-state index is 12.3. The van der Waals surface area contributed by atoms with Crippen LogP contribution in [0.15, 0.2) is 12.5 Å². The first-order valence-corrected chi connectivity index (χ1v) is 9.60. The van der Waals surface area contributed by atoms with E-state index in [2.05, 4.69) is 16.9 Å². The third kappa shape index (κ3) is 3.81. The number of hydrogen-bond acceptors (Lipinski definition) is 6. The highest BCUT2D eigenvalue weighted by Gasteiger charge is 2.31. The van der Waals surface area contributed by atoms with Crippen molar-refractivity contribution in [3.8, 4) is 0 Å². The molecule has 1 unspecified atom stereocenters. The summed E-state index contributed by atoms with van der Waals surface area (Å²) in [5.41, 5.74) is 0.864. The van der Waals surface area contributed by atoms with E-state index in [-0.39, 0.29) is 23.6 Å². The lowest BCUT2D eigenvalue weighted by Crippen LogP contribution is -2.42. The van der Waals surface area contributed by atoms with E-state index < -0.39 is 11.6 Å². The predicted octanol–water partition coefficient (Wildman–Crippen LogP) is 2.31. The number of rotatable bonds is 3. The zero-order chi connectivity index (χ0) is 20.6. The van der Waals surface area contributed by atoms with Gasteiger partial charge >= 0.3 is 6.09 Å². The number of amides is 1. The van der Waals surface area contributed by atoms with E-state index in [1.807, 2.05) is 25.3 Å². The average molecular weight is 387 g/mol. The van der Waals surface area contributed by atoms with E-state index >= 15 is 0 Å². The lowest BCUT2D eigenvalue weighted by molar-refractivity contribution is -0.254. The Morgan fingerprint density at radius 1 is 1.29 bits per heavy atom. The van der Waals surface area contributed by atoms with E-state index in [1.165, 1.54) is 12.5 Å². The molecule has 28 heavy (non-hydrogen) atoms. The van der Waals surface area contributed by atoms with Gasteiger partial charge in [-0.05, 0) is 53.4 Å². The van der Waals surface area contributed by atoms with Gasteiger partial charge in [-0.1, -0.05) is 0 Å². The van der Waals surface area contributed by atoms with Gasteiger partial charge in [0, 0.05) is 42.0 Å². The van der Waals surface area contributed by atoms with Crippen LogP contribution in [0.4, 0.5) is 4.79 Å². The van der Waals surface area contributed by atoms with Gasteiger partial charge in [-0.15, -0.1) is 0 Å². The van der Waals surface area contributed by atoms with Crippen LogP contribution in [-0.2, 0) is 4.74 Å². The van der Waals surface area contributed by atoms with E-state index in [1.54, 1.807) is 11.8 Å². The Bertz CT molecular complexity index is 891. The van der Waals surface area contributed by atoms with Crippen molar-refractivity contribution >= 4 is 23.1 Å². The molecule has 0 bridgehead atoms. The summed E-state index contributed by atoms with van der Waals surface area (Å²) >= 11 is 0. The van der Waals surface area contributed by atoms with Crippen molar-refractivity contribution in [2.45, 2.75) is 59.1 Å². The molecule has 2 aromatic heterocycles. The molecular formula is C20H27N4O4-. The first-order valence-electron chi connectivity index (χ1n) is 9.60. The summed E-state index contributed by atoms with van der Waals surface area (Å²) in [6, 6.07) is 0.0336. The van der Waals surface area contributed by atoms with E-state index in [4.69, 9.17) is 4.74 Å². The zero-order valence-corrected chi connectivity index (χ0v) is 17.1. The molecule has 0 radical (unpaired) electrons. The summed E-state index contributed by atoms with van der Waals surface area (Å²) in [6.45, 7) is 10.7. The fourth-order valence-corrected chi connectivity index (χ4v) is 4.02. The fraction of sp³-hybridized carbons (Fsp3) is 0.600. The maximum atomic E-state index is 12.3. The molecule has 3 heterocycles. The van der Waals surface area contributed by atoms with Crippen molar-refractivity contribution in [3.05, 3.63) is 23.8 Å². The van der Waals surface area contributed by atoms with E-state index in [0.717, 1.165) is 12.8 Å². The topological polar surface area (TPSA) is 100 Å². The minimum Gasteiger partial charge on any atom is -0.545 e. The number of likely N-dealkylation sites (tertiary alicyclic amines) is 1. The minimum absolute atomic E-state index is 0.0336. The number of aromatic nitrogens is 3. The number of carbonyl (C=O) groups is 2. The first kappa shape index (κ1) is 20.1. The van der Waals surface area contributed by atoms with Gasteiger partial charge in [-0.3, -0.25) is 0 Å². The molecule has 8 heteroatoms. The van der Waals surface area contributed by atoms with Crippen LogP contribution in [0.2, 0.25) is 0 Å². The Kier molecular flexibility index (Phi) is 5.32. The molecule has 2 aromatic rings. The number of hydrogen-bond donors (Lipinski definition) is 0. The van der Waals surface area contributed by atoms with Gasteiger partial charge in [0.05, 0.1) is 5.97 Å². The number of nitrogens with zero attached hydrogens (tertiary/aromatic N) is 4. The Morgan fingerprint density at radius 3 is 2.50 bits per heavy atom. The lowest BCUT2D eigenvalue weighted by atomic mass is 9.90. The van der Waals surface area contributed by atoms with Gasteiger partial charge in [0.2, 0.25) is 0 Å². The molecule has 1 fully saturated rings. The highest BCUT2D eigenvalue weighted by Crippen LogP contribution is 2.34. The molecule has 0 aliphatic carbocycles. The molecule has 0 saturated carbocycles. The van der Waals surface area contributed by atoms with E-state index in [9.17, 15) is 14.7 Å². The van der Waals surface area contributed by atoms with Crippen LogP contribution in [0.1, 0.15) is 62.6 Å². The molecule has 1 aliphatic rings. The molecule has 8 nitrogen and oxygen atoms in total. The van der Waals surface area contributed by atoms with Crippen LogP contribution in [0.3, 0.4) is 0 Å². The fourth-order valence-electron chi connectivity index (χ4n) is 4.02. The molecule has 1 aliphatic heterocycles. The third-order valence-electron chi connectivity index (χ3n) is 5.40. The highest BCUT2D eigenvalue weighted by atomic mass is 16.6. The number of carboxylic acid groups (broad SMARTS) is 1. The van der Waals surface area contributed by atoms with Crippen molar-refractivity contribution < 1.29 is 19.4 Å². The molecule has 0 N–H and O–H groups in total. The highest BCUT2D eigenvalue weighted by molar-refractivity contribution is 6.02. The SMILES string of the molecule is Cc1c(C(=O)[O-])c2cncnc2n1C(C)C1CCN(C(=O)OC(C)(C)C)CC1. The molecule has 1 atom stereocenters. The summed E-state index contributed by atoms with van der Waals surface area (Å²) in [4.78, 5) is 33.9. The van der Waals surface area contributed by atoms with Gasteiger partial charge in [0.15, 0.2) is 0 Å². The summed E-state index contributed by atoms with van der Waals surface area (Å²) in [5.74, 6) is -0.930. The number of carbonyl (C=O) groups excluding carboxylic acids is 2. The standard InChI is InChI=1S/C20H28N4O4/c1-12(14-6-8-23(9-7-14)19(27)28-20(3,4)5)24-13(2)16(18(25)26)15-10-21-11-22-17(15)24/h10-12,14H,6-9H2,1-5H3,(H,25,26)/p-1. The van der Waals surface area contributed by atoms with Crippen LogP contribution < -0.4 is 5.11 Å². The van der Waals surface area contributed by atoms with Crippen molar-refractivity contribution in [2.24, 2.45) is 5.92 Å². The van der Waals surface area contributed by atoms with E-state index in [0.29, 0.717) is 29.8 Å². The molecule has 0 spiro atoms. The largest absolute Gasteiger partial charge is 0.545 e. The van der Waals surface area contributed by atoms with Gasteiger partial charge in [0.25, 0.3) is 0 Å². The number of fused-ring (bicyclic) bond motifs is 1. The normalized spacial score (nSPS) is 17.0. The Labute approximate surface area is 164 Å². The van der Waals surface area contributed by atoms with Gasteiger partial charge in [-0.25, -0.2) is 14.8 Å². The zero-order valence-electron chi connectivity index (χ0n) is 17.1. The smallest absolute Gasteiger partial charge is 0.410 e. The predicted molar refractivity (Wildman–Crippen MR) is 102 cm³/mol. The number of aromatic carboxylic acids is 1. The Hall–Kier alpha value is -2.64. The lowest BCUT2D eigenvalue weighted by Gasteiger charge is -2.36. The molecular weight excluding hydrogens is 360 g/mol. The van der Waals surface area contributed by atoms with Crippen LogP contribution in [-0.4, -0.2) is 50.2 Å². The number of ether oxygens (including phenoxy) is 1. The van der Waals surface area contributed by atoms with Crippen molar-refractivity contribution in [2.75, 3.05) is 13.1 Å². The van der Waals surface area contributed by atoms with Gasteiger partial charge in [0.1, 0.15) is 17.6 Å². The number of carboxylic acids is 1. The molecule has 0 aromatic carbocycles. The summed E-state index contributed by atoms with van der Waals surface area (Å²) in [7, 11) is 0. The molecule has 152 valence electrons. The Balaban J connectivity index is 1.80. The monoisotopic (exact) mass is 387 g/mol. The average Bonchev–Trinajstić information content (AvgIpc) is 2.91. The van der Waals surface area contributed by atoms with Crippen LogP contribution in [0.5, 0.6) is 0 Å². The minimum atomic E-state index is -1.22. The summed E-state index contributed by atoms with van der Waals surface area (Å²) in [5, 5.41) is 12.1. The van der Waals surface area contributed by atoms with Gasteiger partial charge < -0.3 is 24.1 Å².